The number of amides is 1. The van der Waals surface area contributed by atoms with E-state index >= 15 is 0 Å². The van der Waals surface area contributed by atoms with Crippen molar-refractivity contribution in [2.24, 2.45) is 0 Å². The molecule has 0 aromatic heterocycles. The lowest BCUT2D eigenvalue weighted by molar-refractivity contribution is -0.123. The van der Waals surface area contributed by atoms with Crippen LogP contribution in [0.2, 0.25) is 0 Å². The average Bonchev–Trinajstić information content (AvgIpc) is 3.35. The van der Waals surface area contributed by atoms with Crippen molar-refractivity contribution in [2.45, 2.75) is 37.8 Å². The van der Waals surface area contributed by atoms with E-state index in [-0.39, 0.29) is 30.2 Å². The maximum atomic E-state index is 12.6. The predicted octanol–water partition coefficient (Wildman–Crippen LogP) is 2.42. The molecule has 0 saturated carbocycles. The van der Waals surface area contributed by atoms with Crippen molar-refractivity contribution in [3.8, 4) is 11.5 Å². The van der Waals surface area contributed by atoms with Gasteiger partial charge in [0.05, 0.1) is 0 Å². The molecule has 0 aliphatic carbocycles. The van der Waals surface area contributed by atoms with E-state index in [0.29, 0.717) is 6.54 Å². The number of benzene rings is 2. The van der Waals surface area contributed by atoms with Crippen molar-refractivity contribution >= 4 is 5.91 Å². The fourth-order valence-corrected chi connectivity index (χ4v) is 3.48. The smallest absolute Gasteiger partial charge is 0.238 e. The average molecular weight is 367 g/mol. The Hall–Kier alpha value is -2.57. The molecule has 2 unspecified atom stereocenters. The van der Waals surface area contributed by atoms with Crippen molar-refractivity contribution in [2.75, 3.05) is 13.3 Å². The first-order valence-corrected chi connectivity index (χ1v) is 9.27. The quantitative estimate of drug-likeness (QED) is 0.757. The lowest BCUT2D eigenvalue weighted by Crippen LogP contribution is -2.46. The fourth-order valence-electron chi connectivity index (χ4n) is 3.48. The van der Waals surface area contributed by atoms with Gasteiger partial charge in [-0.2, -0.15) is 0 Å². The maximum Gasteiger partial charge on any atom is 0.238 e. The number of hydrazine groups is 1. The van der Waals surface area contributed by atoms with Crippen molar-refractivity contribution in [3.05, 3.63) is 59.7 Å². The van der Waals surface area contributed by atoms with Crippen LogP contribution < -0.4 is 25.6 Å². The van der Waals surface area contributed by atoms with Crippen molar-refractivity contribution in [1.29, 1.82) is 0 Å². The SMILES string of the molecule is CC(C)(CNC(=O)C1CC(c2ccccc2)NN1)c1ccc2c(c1)OCO2. The fraction of sp³-hybridized carbons (Fsp3) is 0.381. The Labute approximate surface area is 159 Å². The zero-order chi connectivity index (χ0) is 18.9. The summed E-state index contributed by atoms with van der Waals surface area (Å²) in [7, 11) is 0. The maximum absolute atomic E-state index is 12.6. The molecule has 27 heavy (non-hydrogen) atoms. The van der Waals surface area contributed by atoms with E-state index in [2.05, 4.69) is 42.1 Å². The van der Waals surface area contributed by atoms with E-state index in [9.17, 15) is 4.79 Å². The van der Waals surface area contributed by atoms with Crippen LogP contribution in [0.15, 0.2) is 48.5 Å². The van der Waals surface area contributed by atoms with Crippen LogP contribution in [-0.2, 0) is 10.2 Å². The largest absolute Gasteiger partial charge is 0.454 e. The monoisotopic (exact) mass is 367 g/mol. The second kappa shape index (κ2) is 7.21. The highest BCUT2D eigenvalue weighted by Crippen LogP contribution is 2.36. The van der Waals surface area contributed by atoms with Gasteiger partial charge in [0, 0.05) is 18.0 Å². The minimum absolute atomic E-state index is 0.00903. The van der Waals surface area contributed by atoms with E-state index in [0.717, 1.165) is 23.5 Å². The molecule has 4 rings (SSSR count). The molecule has 2 aromatic rings. The van der Waals surface area contributed by atoms with Gasteiger partial charge < -0.3 is 14.8 Å². The Kier molecular flexibility index (Phi) is 4.76. The molecule has 1 amide bonds. The second-order valence-corrected chi connectivity index (χ2v) is 7.71. The number of carbonyl (C=O) groups excluding carboxylic acids is 1. The predicted molar refractivity (Wildman–Crippen MR) is 102 cm³/mol. The van der Waals surface area contributed by atoms with Gasteiger partial charge in [-0.05, 0) is 29.7 Å². The number of rotatable bonds is 5. The lowest BCUT2D eigenvalue weighted by atomic mass is 9.84. The molecular formula is C21H25N3O3. The van der Waals surface area contributed by atoms with Gasteiger partial charge in [-0.3, -0.25) is 4.79 Å². The molecule has 2 aliphatic heterocycles. The number of nitrogens with one attached hydrogen (secondary N) is 3. The summed E-state index contributed by atoms with van der Waals surface area (Å²) in [5.41, 5.74) is 8.40. The first kappa shape index (κ1) is 17.8. The summed E-state index contributed by atoms with van der Waals surface area (Å²) in [4.78, 5) is 12.6. The van der Waals surface area contributed by atoms with Crippen LogP contribution in [0.1, 0.15) is 37.4 Å². The summed E-state index contributed by atoms with van der Waals surface area (Å²) in [6.07, 6.45) is 0.723. The van der Waals surface area contributed by atoms with Crippen LogP contribution in [0.4, 0.5) is 0 Å². The normalized spacial score (nSPS) is 21.3. The Balaban J connectivity index is 1.35. The third-order valence-corrected chi connectivity index (χ3v) is 5.28. The molecule has 1 saturated heterocycles. The van der Waals surface area contributed by atoms with Crippen LogP contribution in [0.3, 0.4) is 0 Å². The summed E-state index contributed by atoms with van der Waals surface area (Å²) in [5, 5.41) is 3.09. The molecular weight excluding hydrogens is 342 g/mol. The van der Waals surface area contributed by atoms with Gasteiger partial charge in [-0.15, -0.1) is 0 Å². The topological polar surface area (TPSA) is 71.6 Å². The van der Waals surface area contributed by atoms with Crippen LogP contribution >= 0.6 is 0 Å². The van der Waals surface area contributed by atoms with Gasteiger partial charge in [0.2, 0.25) is 12.7 Å². The Morgan fingerprint density at radius 2 is 1.89 bits per heavy atom. The van der Waals surface area contributed by atoms with Gasteiger partial charge in [0.25, 0.3) is 0 Å². The van der Waals surface area contributed by atoms with Gasteiger partial charge in [0.15, 0.2) is 11.5 Å². The number of ether oxygens (including phenoxy) is 2. The van der Waals surface area contributed by atoms with E-state index in [1.807, 2.05) is 36.4 Å². The summed E-state index contributed by atoms with van der Waals surface area (Å²) in [6, 6.07) is 16.0. The van der Waals surface area contributed by atoms with E-state index in [1.54, 1.807) is 0 Å². The van der Waals surface area contributed by atoms with Crippen LogP contribution in [0.25, 0.3) is 0 Å². The third-order valence-electron chi connectivity index (χ3n) is 5.28. The van der Waals surface area contributed by atoms with Crippen LogP contribution in [-0.4, -0.2) is 25.3 Å². The Morgan fingerprint density at radius 1 is 1.11 bits per heavy atom. The van der Waals surface area contributed by atoms with Gasteiger partial charge in [-0.25, -0.2) is 10.9 Å². The number of hydrogen-bond acceptors (Lipinski definition) is 5. The Bertz CT molecular complexity index is 823. The number of carbonyl (C=O) groups is 1. The molecule has 0 spiro atoms. The molecule has 6 heteroatoms. The summed E-state index contributed by atoms with van der Waals surface area (Å²) < 4.78 is 10.8. The first-order chi connectivity index (χ1) is 13.0. The third kappa shape index (κ3) is 3.77. The van der Waals surface area contributed by atoms with Crippen molar-refractivity contribution in [1.82, 2.24) is 16.2 Å². The number of hydrogen-bond donors (Lipinski definition) is 3. The van der Waals surface area contributed by atoms with Crippen LogP contribution in [0.5, 0.6) is 11.5 Å². The molecule has 6 nitrogen and oxygen atoms in total. The summed E-state index contributed by atoms with van der Waals surface area (Å²) >= 11 is 0. The molecule has 2 aromatic carbocycles. The van der Waals surface area contributed by atoms with E-state index in [1.165, 1.54) is 5.56 Å². The zero-order valence-corrected chi connectivity index (χ0v) is 15.6. The molecule has 2 aliphatic rings. The molecule has 1 fully saturated rings. The minimum atomic E-state index is -0.247. The standard InChI is InChI=1S/C21H25N3O3/c1-21(2,15-8-9-18-19(10-15)27-13-26-18)12-22-20(25)17-11-16(23-24-17)14-6-4-3-5-7-14/h3-10,16-17,23-24H,11-13H2,1-2H3,(H,22,25). The summed E-state index contributed by atoms with van der Waals surface area (Å²) in [5.74, 6) is 1.54. The molecule has 2 heterocycles. The first-order valence-electron chi connectivity index (χ1n) is 9.27. The molecule has 2 atom stereocenters. The highest BCUT2D eigenvalue weighted by molar-refractivity contribution is 5.82. The van der Waals surface area contributed by atoms with E-state index < -0.39 is 0 Å². The van der Waals surface area contributed by atoms with Gasteiger partial charge in [0.1, 0.15) is 6.04 Å². The van der Waals surface area contributed by atoms with Crippen LogP contribution in [0, 0.1) is 0 Å². The lowest BCUT2D eigenvalue weighted by Gasteiger charge is -2.26. The summed E-state index contributed by atoms with van der Waals surface area (Å²) in [6.45, 7) is 5.02. The van der Waals surface area contributed by atoms with Crippen molar-refractivity contribution < 1.29 is 14.3 Å². The highest BCUT2D eigenvalue weighted by atomic mass is 16.7. The van der Waals surface area contributed by atoms with E-state index in [4.69, 9.17) is 9.47 Å². The zero-order valence-electron chi connectivity index (χ0n) is 15.6. The van der Waals surface area contributed by atoms with Gasteiger partial charge >= 0.3 is 0 Å². The number of fused-ring (bicyclic) bond motifs is 1. The highest BCUT2D eigenvalue weighted by Gasteiger charge is 2.31. The minimum Gasteiger partial charge on any atom is -0.454 e. The molecule has 0 radical (unpaired) electrons. The van der Waals surface area contributed by atoms with Crippen molar-refractivity contribution in [3.63, 3.8) is 0 Å². The second-order valence-electron chi connectivity index (χ2n) is 7.71. The molecule has 3 N–H and O–H groups in total. The molecule has 142 valence electrons. The molecule has 0 bridgehead atoms. The van der Waals surface area contributed by atoms with Gasteiger partial charge in [-0.1, -0.05) is 50.2 Å². The Morgan fingerprint density at radius 3 is 2.70 bits per heavy atom.